The van der Waals surface area contributed by atoms with Gasteiger partial charge in [-0.3, -0.25) is 4.98 Å². The van der Waals surface area contributed by atoms with Crippen molar-refractivity contribution in [2.24, 2.45) is 5.92 Å². The molecule has 1 aromatic heterocycles. The number of nitrogens with zero attached hydrogens (tertiary/aromatic N) is 2. The third-order valence-corrected chi connectivity index (χ3v) is 3.60. The second kappa shape index (κ2) is 6.16. The lowest BCUT2D eigenvalue weighted by Crippen LogP contribution is -2.30. The van der Waals surface area contributed by atoms with Crippen LogP contribution in [-0.4, -0.2) is 40.7 Å². The average Bonchev–Trinajstić information content (AvgIpc) is 2.81. The Hall–Kier alpha value is -1.13. The molecule has 0 saturated carbocycles. The molecule has 1 aromatic rings. The molecule has 1 fully saturated rings. The summed E-state index contributed by atoms with van der Waals surface area (Å²) in [5.74, 6) is 0.978. The Balaban J connectivity index is 1.68. The SMILES string of the molecule is CC(C)N1CCC(CNCc2ccc(O)cn2)C1. The van der Waals surface area contributed by atoms with Crippen LogP contribution in [0.5, 0.6) is 5.75 Å². The molecule has 1 aliphatic heterocycles. The van der Waals surface area contributed by atoms with Crippen LogP contribution in [-0.2, 0) is 6.54 Å². The van der Waals surface area contributed by atoms with Crippen molar-refractivity contribution >= 4 is 0 Å². The summed E-state index contributed by atoms with van der Waals surface area (Å²) in [7, 11) is 0. The molecule has 1 atom stereocenters. The summed E-state index contributed by atoms with van der Waals surface area (Å²) in [5.41, 5.74) is 0.978. The minimum absolute atomic E-state index is 0.224. The maximum absolute atomic E-state index is 9.15. The standard InChI is InChI=1S/C14H23N3O/c1-11(2)17-6-5-12(10-17)7-15-8-13-3-4-14(18)9-16-13/h3-4,9,11-12,15,18H,5-8,10H2,1-2H3. The molecule has 100 valence electrons. The Morgan fingerprint density at radius 1 is 1.50 bits per heavy atom. The molecule has 0 amide bonds. The summed E-state index contributed by atoms with van der Waals surface area (Å²) in [6.07, 6.45) is 2.78. The van der Waals surface area contributed by atoms with E-state index in [0.29, 0.717) is 6.04 Å². The molecule has 0 spiro atoms. The van der Waals surface area contributed by atoms with Gasteiger partial charge in [-0.25, -0.2) is 0 Å². The van der Waals surface area contributed by atoms with E-state index in [1.54, 1.807) is 6.07 Å². The molecule has 1 saturated heterocycles. The molecular formula is C14H23N3O. The molecule has 0 radical (unpaired) electrons. The van der Waals surface area contributed by atoms with Gasteiger partial charge in [0.05, 0.1) is 11.9 Å². The molecule has 1 aliphatic rings. The highest BCUT2D eigenvalue weighted by atomic mass is 16.3. The zero-order chi connectivity index (χ0) is 13.0. The number of rotatable bonds is 5. The molecule has 1 unspecified atom stereocenters. The van der Waals surface area contributed by atoms with Crippen molar-refractivity contribution in [3.05, 3.63) is 24.0 Å². The minimum Gasteiger partial charge on any atom is -0.506 e. The Morgan fingerprint density at radius 3 is 2.94 bits per heavy atom. The number of aromatic nitrogens is 1. The smallest absolute Gasteiger partial charge is 0.133 e. The molecule has 2 heterocycles. The van der Waals surface area contributed by atoms with Crippen molar-refractivity contribution < 1.29 is 5.11 Å². The number of likely N-dealkylation sites (tertiary alicyclic amines) is 1. The third kappa shape index (κ3) is 3.68. The van der Waals surface area contributed by atoms with Crippen LogP contribution in [0, 0.1) is 5.92 Å². The summed E-state index contributed by atoms with van der Waals surface area (Å²) < 4.78 is 0. The fourth-order valence-electron chi connectivity index (χ4n) is 2.42. The second-order valence-electron chi connectivity index (χ2n) is 5.38. The van der Waals surface area contributed by atoms with Crippen molar-refractivity contribution in [1.29, 1.82) is 0 Å². The van der Waals surface area contributed by atoms with E-state index in [2.05, 4.69) is 29.0 Å². The molecule has 4 heteroatoms. The van der Waals surface area contributed by atoms with Gasteiger partial charge in [0, 0.05) is 19.1 Å². The highest BCUT2D eigenvalue weighted by molar-refractivity contribution is 5.17. The second-order valence-corrected chi connectivity index (χ2v) is 5.38. The first-order chi connectivity index (χ1) is 8.65. The van der Waals surface area contributed by atoms with E-state index in [-0.39, 0.29) is 5.75 Å². The molecular weight excluding hydrogens is 226 g/mol. The van der Waals surface area contributed by atoms with Crippen LogP contribution >= 0.6 is 0 Å². The van der Waals surface area contributed by atoms with Gasteiger partial charge < -0.3 is 15.3 Å². The summed E-state index contributed by atoms with van der Waals surface area (Å²) in [6.45, 7) is 8.77. The number of hydrogen-bond acceptors (Lipinski definition) is 4. The first-order valence-corrected chi connectivity index (χ1v) is 6.74. The molecule has 0 aliphatic carbocycles. The molecule has 0 bridgehead atoms. The Labute approximate surface area is 109 Å². The van der Waals surface area contributed by atoms with E-state index < -0.39 is 0 Å². The van der Waals surface area contributed by atoms with Gasteiger partial charge in [0.15, 0.2) is 0 Å². The van der Waals surface area contributed by atoms with Crippen LogP contribution in [0.3, 0.4) is 0 Å². The number of hydrogen-bond donors (Lipinski definition) is 2. The van der Waals surface area contributed by atoms with Gasteiger partial charge in [0.1, 0.15) is 5.75 Å². The quantitative estimate of drug-likeness (QED) is 0.832. The van der Waals surface area contributed by atoms with Crippen LogP contribution in [0.1, 0.15) is 26.0 Å². The number of aromatic hydroxyl groups is 1. The van der Waals surface area contributed by atoms with Crippen LogP contribution in [0.4, 0.5) is 0 Å². The molecule has 2 N–H and O–H groups in total. The first kappa shape index (κ1) is 13.3. The summed E-state index contributed by atoms with van der Waals surface area (Å²) in [6, 6.07) is 4.20. The molecule has 0 aromatic carbocycles. The van der Waals surface area contributed by atoms with Gasteiger partial charge in [0.2, 0.25) is 0 Å². The predicted molar refractivity (Wildman–Crippen MR) is 72.4 cm³/mol. The molecule has 2 rings (SSSR count). The average molecular weight is 249 g/mol. The Bertz CT molecular complexity index is 364. The van der Waals surface area contributed by atoms with E-state index in [9.17, 15) is 0 Å². The zero-order valence-corrected chi connectivity index (χ0v) is 11.3. The normalized spacial score (nSPS) is 20.7. The van der Waals surface area contributed by atoms with Gasteiger partial charge in [-0.05, 0) is 51.4 Å². The van der Waals surface area contributed by atoms with Crippen molar-refractivity contribution in [3.8, 4) is 5.75 Å². The van der Waals surface area contributed by atoms with Gasteiger partial charge in [-0.15, -0.1) is 0 Å². The van der Waals surface area contributed by atoms with Gasteiger partial charge in [-0.1, -0.05) is 0 Å². The van der Waals surface area contributed by atoms with Crippen molar-refractivity contribution in [3.63, 3.8) is 0 Å². The maximum Gasteiger partial charge on any atom is 0.133 e. The molecule has 4 nitrogen and oxygen atoms in total. The van der Waals surface area contributed by atoms with E-state index in [1.807, 2.05) is 6.07 Å². The minimum atomic E-state index is 0.224. The summed E-state index contributed by atoms with van der Waals surface area (Å²) >= 11 is 0. The van der Waals surface area contributed by atoms with E-state index in [0.717, 1.165) is 24.7 Å². The number of pyridine rings is 1. The maximum atomic E-state index is 9.15. The monoisotopic (exact) mass is 249 g/mol. The Kier molecular flexibility index (Phi) is 4.55. The number of nitrogens with one attached hydrogen (secondary N) is 1. The third-order valence-electron chi connectivity index (χ3n) is 3.60. The van der Waals surface area contributed by atoms with Crippen molar-refractivity contribution in [2.75, 3.05) is 19.6 Å². The highest BCUT2D eigenvalue weighted by Crippen LogP contribution is 2.17. The van der Waals surface area contributed by atoms with Gasteiger partial charge in [-0.2, -0.15) is 0 Å². The summed E-state index contributed by atoms with van der Waals surface area (Å²) in [4.78, 5) is 6.70. The van der Waals surface area contributed by atoms with Gasteiger partial charge in [0.25, 0.3) is 0 Å². The Morgan fingerprint density at radius 2 is 2.33 bits per heavy atom. The summed E-state index contributed by atoms with van der Waals surface area (Å²) in [5, 5.41) is 12.6. The lowest BCUT2D eigenvalue weighted by atomic mass is 10.1. The van der Waals surface area contributed by atoms with E-state index in [1.165, 1.54) is 25.7 Å². The largest absolute Gasteiger partial charge is 0.506 e. The zero-order valence-electron chi connectivity index (χ0n) is 11.3. The van der Waals surface area contributed by atoms with E-state index >= 15 is 0 Å². The lowest BCUT2D eigenvalue weighted by molar-refractivity contribution is 0.264. The van der Waals surface area contributed by atoms with Crippen molar-refractivity contribution in [1.82, 2.24) is 15.2 Å². The van der Waals surface area contributed by atoms with Crippen LogP contribution < -0.4 is 5.32 Å². The fourth-order valence-corrected chi connectivity index (χ4v) is 2.42. The first-order valence-electron chi connectivity index (χ1n) is 6.74. The van der Waals surface area contributed by atoms with Crippen LogP contribution in [0.25, 0.3) is 0 Å². The van der Waals surface area contributed by atoms with Crippen LogP contribution in [0.15, 0.2) is 18.3 Å². The molecule has 18 heavy (non-hydrogen) atoms. The van der Waals surface area contributed by atoms with Gasteiger partial charge >= 0.3 is 0 Å². The highest BCUT2D eigenvalue weighted by Gasteiger charge is 2.23. The predicted octanol–water partition coefficient (Wildman–Crippen LogP) is 1.61. The van der Waals surface area contributed by atoms with E-state index in [4.69, 9.17) is 5.11 Å². The van der Waals surface area contributed by atoms with Crippen molar-refractivity contribution in [2.45, 2.75) is 32.9 Å². The van der Waals surface area contributed by atoms with Crippen LogP contribution in [0.2, 0.25) is 0 Å². The topological polar surface area (TPSA) is 48.4 Å². The lowest BCUT2D eigenvalue weighted by Gasteiger charge is -2.20. The fraction of sp³-hybridized carbons (Fsp3) is 0.643.